The van der Waals surface area contributed by atoms with Gasteiger partial charge in [-0.3, -0.25) is 0 Å². The molecule has 1 aromatic carbocycles. The minimum atomic E-state index is -0.0570. The quantitative estimate of drug-likeness (QED) is 0.694. The number of likely N-dealkylation sites (tertiary alicyclic amines) is 1. The Balaban J connectivity index is 1.95. The molecule has 1 aliphatic heterocycles. The van der Waals surface area contributed by atoms with E-state index in [-0.39, 0.29) is 6.03 Å². The smallest absolute Gasteiger partial charge is 0.323 e. The average molecular weight is 230 g/mol. The van der Waals surface area contributed by atoms with E-state index in [9.17, 15) is 4.79 Å². The van der Waals surface area contributed by atoms with Crippen LogP contribution in [0.2, 0.25) is 0 Å². The Morgan fingerprint density at radius 1 is 1.12 bits per heavy atom. The molecule has 5 nitrogen and oxygen atoms in total. The Labute approximate surface area is 99.0 Å². The lowest BCUT2D eigenvalue weighted by atomic mass is 10.1. The second-order valence-electron chi connectivity index (χ2n) is 4.32. The first-order valence-electron chi connectivity index (χ1n) is 5.96. The van der Waals surface area contributed by atoms with E-state index in [0.717, 1.165) is 37.0 Å². The van der Waals surface area contributed by atoms with Crippen LogP contribution in [0.5, 0.6) is 0 Å². The molecule has 3 rings (SSSR count). The Morgan fingerprint density at radius 3 is 2.71 bits per heavy atom. The maximum atomic E-state index is 12.3. The third-order valence-corrected chi connectivity index (χ3v) is 3.16. The molecule has 2 heterocycles. The molecule has 0 saturated carbocycles. The van der Waals surface area contributed by atoms with E-state index in [1.165, 1.54) is 11.1 Å². The van der Waals surface area contributed by atoms with Gasteiger partial charge in [-0.2, -0.15) is 4.68 Å². The number of rotatable bonds is 0. The summed E-state index contributed by atoms with van der Waals surface area (Å²) in [7, 11) is 0. The van der Waals surface area contributed by atoms with Crippen molar-refractivity contribution in [3.63, 3.8) is 0 Å². The van der Waals surface area contributed by atoms with Crippen LogP contribution >= 0.6 is 0 Å². The van der Waals surface area contributed by atoms with Gasteiger partial charge in [-0.05, 0) is 31.4 Å². The number of hydrogen-bond acceptors (Lipinski definition) is 3. The van der Waals surface area contributed by atoms with Crippen molar-refractivity contribution in [1.29, 1.82) is 0 Å². The minimum Gasteiger partial charge on any atom is -0.323 e. The highest BCUT2D eigenvalue weighted by molar-refractivity contribution is 5.87. The topological polar surface area (TPSA) is 51.0 Å². The molecule has 0 spiro atoms. The third kappa shape index (κ3) is 1.77. The maximum Gasteiger partial charge on any atom is 0.346 e. The fourth-order valence-corrected chi connectivity index (χ4v) is 2.23. The van der Waals surface area contributed by atoms with Gasteiger partial charge in [-0.15, -0.1) is 5.10 Å². The third-order valence-electron chi connectivity index (χ3n) is 3.16. The predicted molar refractivity (Wildman–Crippen MR) is 63.7 cm³/mol. The lowest BCUT2D eigenvalue weighted by Crippen LogP contribution is -2.38. The van der Waals surface area contributed by atoms with Crippen LogP contribution < -0.4 is 0 Å². The summed E-state index contributed by atoms with van der Waals surface area (Å²) in [6.07, 6.45) is 3.37. The summed E-state index contributed by atoms with van der Waals surface area (Å²) < 4.78 is 1.40. The van der Waals surface area contributed by atoms with E-state index >= 15 is 0 Å². The van der Waals surface area contributed by atoms with E-state index < -0.39 is 0 Å². The zero-order chi connectivity index (χ0) is 11.7. The van der Waals surface area contributed by atoms with Gasteiger partial charge in [0.15, 0.2) is 0 Å². The van der Waals surface area contributed by atoms with Gasteiger partial charge in [0.1, 0.15) is 5.52 Å². The Hall–Kier alpha value is -1.91. The number of fused-ring (bicyclic) bond motifs is 1. The monoisotopic (exact) mass is 230 g/mol. The van der Waals surface area contributed by atoms with Crippen molar-refractivity contribution in [2.24, 2.45) is 0 Å². The lowest BCUT2D eigenvalue weighted by Gasteiger charge is -2.25. The zero-order valence-electron chi connectivity index (χ0n) is 9.54. The van der Waals surface area contributed by atoms with E-state index in [1.807, 2.05) is 29.2 Å². The highest BCUT2D eigenvalue weighted by Gasteiger charge is 2.20. The number of carbonyl (C=O) groups excluding carboxylic acids is 1. The van der Waals surface area contributed by atoms with Gasteiger partial charge < -0.3 is 4.90 Å². The first kappa shape index (κ1) is 10.3. The standard InChI is InChI=1S/C12H14N4O/c17-12(15-8-4-1-5-9-15)16-11-7-3-2-6-10(11)13-14-16/h2-3,6-7H,1,4-5,8-9H2. The molecule has 2 aromatic rings. The fraction of sp³-hybridized carbons (Fsp3) is 0.417. The SMILES string of the molecule is O=C(N1CCCCC1)n1nnc2ccccc21. The predicted octanol–water partition coefficient (Wildman–Crippen LogP) is 1.89. The van der Waals surface area contributed by atoms with Gasteiger partial charge in [0.05, 0.1) is 5.52 Å². The zero-order valence-corrected chi connectivity index (χ0v) is 9.54. The van der Waals surface area contributed by atoms with Crippen molar-refractivity contribution in [3.8, 4) is 0 Å². The van der Waals surface area contributed by atoms with E-state index in [2.05, 4.69) is 10.3 Å². The summed E-state index contributed by atoms with van der Waals surface area (Å²) in [4.78, 5) is 14.1. The average Bonchev–Trinajstić information content (AvgIpc) is 2.83. The number of aromatic nitrogens is 3. The molecule has 0 radical (unpaired) electrons. The number of amides is 1. The summed E-state index contributed by atoms with van der Waals surface area (Å²) in [6.45, 7) is 1.65. The van der Waals surface area contributed by atoms with Crippen molar-refractivity contribution < 1.29 is 4.79 Å². The molecule has 17 heavy (non-hydrogen) atoms. The molecule has 1 saturated heterocycles. The Bertz CT molecular complexity index is 542. The molecule has 0 N–H and O–H groups in total. The van der Waals surface area contributed by atoms with E-state index in [1.54, 1.807) is 0 Å². The van der Waals surface area contributed by atoms with Crippen molar-refractivity contribution >= 4 is 17.1 Å². The molecule has 1 aliphatic rings. The van der Waals surface area contributed by atoms with Crippen LogP contribution in [-0.4, -0.2) is 39.0 Å². The second kappa shape index (κ2) is 4.16. The van der Waals surface area contributed by atoms with Crippen molar-refractivity contribution in [1.82, 2.24) is 19.9 Å². The molecule has 1 amide bonds. The van der Waals surface area contributed by atoms with E-state index in [0.29, 0.717) is 0 Å². The number of carbonyl (C=O) groups is 1. The highest BCUT2D eigenvalue weighted by Crippen LogP contribution is 2.14. The Kier molecular flexibility index (Phi) is 2.51. The van der Waals surface area contributed by atoms with E-state index in [4.69, 9.17) is 0 Å². The number of nitrogens with zero attached hydrogens (tertiary/aromatic N) is 4. The number of para-hydroxylation sites is 1. The normalized spacial score (nSPS) is 16.4. The molecule has 1 fully saturated rings. The van der Waals surface area contributed by atoms with Gasteiger partial charge in [0.2, 0.25) is 0 Å². The lowest BCUT2D eigenvalue weighted by molar-refractivity contribution is 0.185. The molecule has 0 atom stereocenters. The first-order valence-corrected chi connectivity index (χ1v) is 5.96. The van der Waals surface area contributed by atoms with Crippen LogP contribution in [0.4, 0.5) is 4.79 Å². The second-order valence-corrected chi connectivity index (χ2v) is 4.32. The van der Waals surface area contributed by atoms with Gasteiger partial charge in [-0.25, -0.2) is 4.79 Å². The molecule has 0 bridgehead atoms. The summed E-state index contributed by atoms with van der Waals surface area (Å²) in [6, 6.07) is 7.47. The minimum absolute atomic E-state index is 0.0570. The van der Waals surface area contributed by atoms with Gasteiger partial charge in [0.25, 0.3) is 0 Å². The summed E-state index contributed by atoms with van der Waals surface area (Å²) in [5.41, 5.74) is 1.54. The Morgan fingerprint density at radius 2 is 1.88 bits per heavy atom. The molecule has 1 aromatic heterocycles. The fourth-order valence-electron chi connectivity index (χ4n) is 2.23. The molecular formula is C12H14N4O. The largest absolute Gasteiger partial charge is 0.346 e. The summed E-state index contributed by atoms with van der Waals surface area (Å²) in [5, 5.41) is 7.95. The maximum absolute atomic E-state index is 12.3. The van der Waals surface area contributed by atoms with Crippen LogP contribution in [0.1, 0.15) is 19.3 Å². The first-order chi connectivity index (χ1) is 8.36. The van der Waals surface area contributed by atoms with Gasteiger partial charge in [-0.1, -0.05) is 17.3 Å². The summed E-state index contributed by atoms with van der Waals surface area (Å²) >= 11 is 0. The van der Waals surface area contributed by atoms with Crippen molar-refractivity contribution in [2.75, 3.05) is 13.1 Å². The van der Waals surface area contributed by atoms with Crippen LogP contribution in [0.15, 0.2) is 24.3 Å². The summed E-state index contributed by atoms with van der Waals surface area (Å²) in [5.74, 6) is 0. The number of piperidine rings is 1. The molecule has 5 heteroatoms. The number of hydrogen-bond donors (Lipinski definition) is 0. The highest BCUT2D eigenvalue weighted by atomic mass is 16.2. The molecule has 0 unspecified atom stereocenters. The van der Waals surface area contributed by atoms with Crippen LogP contribution in [0.25, 0.3) is 11.0 Å². The van der Waals surface area contributed by atoms with Crippen molar-refractivity contribution in [3.05, 3.63) is 24.3 Å². The van der Waals surface area contributed by atoms with Crippen LogP contribution in [-0.2, 0) is 0 Å². The van der Waals surface area contributed by atoms with Crippen LogP contribution in [0, 0.1) is 0 Å². The molecule has 0 aliphatic carbocycles. The molecule has 88 valence electrons. The molecular weight excluding hydrogens is 216 g/mol. The van der Waals surface area contributed by atoms with Gasteiger partial charge >= 0.3 is 6.03 Å². The van der Waals surface area contributed by atoms with Gasteiger partial charge in [0, 0.05) is 13.1 Å². The van der Waals surface area contributed by atoms with Crippen LogP contribution in [0.3, 0.4) is 0 Å². The number of benzene rings is 1. The van der Waals surface area contributed by atoms with Crippen molar-refractivity contribution in [2.45, 2.75) is 19.3 Å².